The van der Waals surface area contributed by atoms with E-state index in [4.69, 9.17) is 19.3 Å². The number of carboxylic acids is 1. The van der Waals surface area contributed by atoms with Crippen LogP contribution >= 0.6 is 0 Å². The van der Waals surface area contributed by atoms with E-state index in [2.05, 4.69) is 24.7 Å². The zero-order valence-corrected chi connectivity index (χ0v) is 23.1. The van der Waals surface area contributed by atoms with Gasteiger partial charge in [0.15, 0.2) is 0 Å². The van der Waals surface area contributed by atoms with Gasteiger partial charge in [0, 0.05) is 33.8 Å². The number of hydrogen-bond acceptors (Lipinski definition) is 7. The van der Waals surface area contributed by atoms with Crippen LogP contribution in [0.5, 0.6) is 0 Å². The number of methoxy groups -OCH3 is 2. The van der Waals surface area contributed by atoms with Crippen molar-refractivity contribution in [3.8, 4) is 0 Å². The molecule has 1 N–H and O–H groups in total. The fourth-order valence-corrected chi connectivity index (χ4v) is 4.09. The molecule has 33 heavy (non-hydrogen) atoms. The molecule has 2 aliphatic heterocycles. The number of ether oxygens (including phenoxy) is 4. The van der Waals surface area contributed by atoms with Crippen LogP contribution in [0.15, 0.2) is 11.6 Å². The molecule has 4 unspecified atom stereocenters. The van der Waals surface area contributed by atoms with Gasteiger partial charge < -0.3 is 38.9 Å². The van der Waals surface area contributed by atoms with Crippen molar-refractivity contribution in [3.05, 3.63) is 11.6 Å². The van der Waals surface area contributed by atoms with Gasteiger partial charge in [-0.25, -0.2) is 4.79 Å². The normalized spacial score (nSPS) is 27.7. The number of carboxylic acid groups (broad SMARTS) is 2. The van der Waals surface area contributed by atoms with Gasteiger partial charge in [-0.3, -0.25) is 0 Å². The number of hydrogen-bond donors (Lipinski definition) is 1. The number of carbonyl (C=O) groups is 2. The Morgan fingerprint density at radius 1 is 1.15 bits per heavy atom. The van der Waals surface area contributed by atoms with Crippen LogP contribution in [-0.4, -0.2) is 87.5 Å². The second kappa shape index (κ2) is 17.7. The van der Waals surface area contributed by atoms with Gasteiger partial charge in [0.05, 0.1) is 43.5 Å². The van der Waals surface area contributed by atoms with Crippen LogP contribution in [-0.2, 0) is 23.7 Å². The summed E-state index contributed by atoms with van der Waals surface area (Å²) in [5, 5.41) is 18.6. The Kier molecular flexibility index (Phi) is 17.3. The standard InChI is InChI=1S/C14H24O2.C7H11NO5.C2H6O.Na/c1-10(2)8-9-13-14(16-13)11-6-4-5-7-12(11)15-3;9-6(10)4-13-5-1-2-8(3-5)7(11)12;1-3-2;/h8,11-14H,4-7,9H2,1-3H3;5H,1-4H2,(H,9,10)(H,11,12);1-2H3;/q;;;+1/p-1/t11?,12?,13-,14?;;;/m1.../s1. The average molecular weight is 482 g/mol. The third kappa shape index (κ3) is 13.1. The molecule has 0 aromatic rings. The summed E-state index contributed by atoms with van der Waals surface area (Å²) < 4.78 is 20.5. The molecule has 1 aliphatic carbocycles. The van der Waals surface area contributed by atoms with Crippen LogP contribution in [0.25, 0.3) is 0 Å². The first-order chi connectivity index (χ1) is 15.2. The molecule has 5 atom stereocenters. The van der Waals surface area contributed by atoms with Gasteiger partial charge in [0.1, 0.15) is 0 Å². The van der Waals surface area contributed by atoms with Crippen LogP contribution in [0.3, 0.4) is 0 Å². The van der Waals surface area contributed by atoms with Gasteiger partial charge in [-0.15, -0.1) is 0 Å². The molecular weight excluding hydrogens is 441 g/mol. The van der Waals surface area contributed by atoms with E-state index in [0.29, 0.717) is 37.2 Å². The Balaban J connectivity index is 0.000000549. The molecule has 0 aromatic heterocycles. The third-order valence-electron chi connectivity index (χ3n) is 5.71. The zero-order valence-electron chi connectivity index (χ0n) is 21.1. The molecule has 10 heteroatoms. The summed E-state index contributed by atoms with van der Waals surface area (Å²) in [5.74, 6) is -0.636. The predicted octanol–water partition coefficient (Wildman–Crippen LogP) is -0.913. The number of aliphatic carboxylic acids is 1. The van der Waals surface area contributed by atoms with Crippen molar-refractivity contribution >= 4 is 12.1 Å². The third-order valence-corrected chi connectivity index (χ3v) is 5.71. The fraction of sp³-hybridized carbons (Fsp3) is 0.826. The van der Waals surface area contributed by atoms with Crippen LogP contribution in [0, 0.1) is 5.92 Å². The van der Waals surface area contributed by atoms with E-state index in [-0.39, 0.29) is 42.2 Å². The van der Waals surface area contributed by atoms with E-state index in [1.54, 1.807) is 14.2 Å². The number of allylic oxidation sites excluding steroid dienone is 1. The van der Waals surface area contributed by atoms with E-state index in [9.17, 15) is 14.7 Å². The number of amides is 1. The largest absolute Gasteiger partial charge is 1.00 e. The van der Waals surface area contributed by atoms with E-state index in [1.807, 2.05) is 7.11 Å². The van der Waals surface area contributed by atoms with Gasteiger partial charge in [0.2, 0.25) is 0 Å². The van der Waals surface area contributed by atoms with Gasteiger partial charge in [0.25, 0.3) is 0 Å². The van der Waals surface area contributed by atoms with E-state index in [1.165, 1.54) is 36.2 Å². The van der Waals surface area contributed by atoms with Crippen LogP contribution in [0.1, 0.15) is 52.4 Å². The number of rotatable bonds is 7. The van der Waals surface area contributed by atoms with E-state index >= 15 is 0 Å². The Hall–Kier alpha value is -0.680. The van der Waals surface area contributed by atoms with Crippen molar-refractivity contribution in [2.24, 2.45) is 5.92 Å². The van der Waals surface area contributed by atoms with E-state index in [0.717, 1.165) is 6.42 Å². The maximum absolute atomic E-state index is 10.4. The first-order valence-corrected chi connectivity index (χ1v) is 11.2. The van der Waals surface area contributed by atoms with Crippen molar-refractivity contribution in [1.82, 2.24) is 4.90 Å². The average Bonchev–Trinajstić information content (AvgIpc) is 3.36. The molecule has 0 radical (unpaired) electrons. The molecule has 3 aliphatic rings. The molecule has 9 nitrogen and oxygen atoms in total. The van der Waals surface area contributed by atoms with Gasteiger partial charge in [-0.2, -0.15) is 0 Å². The van der Waals surface area contributed by atoms with Gasteiger partial charge in [-0.1, -0.05) is 24.5 Å². The van der Waals surface area contributed by atoms with Crippen molar-refractivity contribution < 1.29 is 68.3 Å². The molecule has 3 rings (SSSR count). The summed E-state index contributed by atoms with van der Waals surface area (Å²) >= 11 is 0. The summed E-state index contributed by atoms with van der Waals surface area (Å²) in [5.41, 5.74) is 1.39. The molecule has 0 aromatic carbocycles. The van der Waals surface area contributed by atoms with Crippen LogP contribution in [0.4, 0.5) is 4.79 Å². The smallest absolute Gasteiger partial charge is 0.548 e. The van der Waals surface area contributed by atoms with Gasteiger partial charge in [-0.05, 0) is 39.5 Å². The quantitative estimate of drug-likeness (QED) is 0.282. The summed E-state index contributed by atoms with van der Waals surface area (Å²) in [6.45, 7) is 4.46. The number of epoxide rings is 1. The first kappa shape index (κ1) is 32.3. The molecule has 2 saturated heterocycles. The molecular formula is C23H40NNaO8. The minimum absolute atomic E-state index is 0. The summed E-state index contributed by atoms with van der Waals surface area (Å²) in [4.78, 5) is 21.6. The maximum atomic E-state index is 10.4. The maximum Gasteiger partial charge on any atom is 1.00 e. The predicted molar refractivity (Wildman–Crippen MR) is 117 cm³/mol. The Morgan fingerprint density at radius 2 is 1.79 bits per heavy atom. The summed E-state index contributed by atoms with van der Waals surface area (Å²) in [7, 11) is 5.09. The monoisotopic (exact) mass is 481 g/mol. The molecule has 1 amide bonds. The number of likely N-dealkylation sites (tertiary alicyclic amines) is 1. The van der Waals surface area contributed by atoms with Gasteiger partial charge >= 0.3 is 35.7 Å². The minimum atomic E-state index is -1.28. The minimum Gasteiger partial charge on any atom is -0.548 e. The number of nitrogens with zero attached hydrogens (tertiary/aromatic N) is 1. The Bertz CT molecular complexity index is 599. The fourth-order valence-electron chi connectivity index (χ4n) is 4.09. The van der Waals surface area contributed by atoms with Crippen molar-refractivity contribution in [2.75, 3.05) is 41.0 Å². The molecule has 0 bridgehead atoms. The summed E-state index contributed by atoms with van der Waals surface area (Å²) in [6.07, 6.45) is 9.15. The Morgan fingerprint density at radius 3 is 2.30 bits per heavy atom. The second-order valence-electron chi connectivity index (χ2n) is 8.61. The molecule has 1 saturated carbocycles. The van der Waals surface area contributed by atoms with Crippen molar-refractivity contribution in [2.45, 2.75) is 76.8 Å². The zero-order chi connectivity index (χ0) is 24.1. The number of carbonyl (C=O) groups excluding carboxylic acids is 1. The Labute approximate surface area is 220 Å². The summed E-state index contributed by atoms with van der Waals surface area (Å²) in [6, 6.07) is 0. The topological polar surface area (TPSA) is 121 Å². The molecule has 186 valence electrons. The second-order valence-corrected chi connectivity index (χ2v) is 8.61. The molecule has 0 spiro atoms. The SMILES string of the molecule is COC.COC1CCCCC1C1O[C@@H]1CC=C(C)C.O=C([O-])COC1CCN(C(=O)O)C1.[Na+]. The first-order valence-electron chi connectivity index (χ1n) is 11.2. The van der Waals surface area contributed by atoms with E-state index < -0.39 is 18.7 Å². The van der Waals surface area contributed by atoms with Crippen molar-refractivity contribution in [1.29, 1.82) is 0 Å². The van der Waals surface area contributed by atoms with Crippen molar-refractivity contribution in [3.63, 3.8) is 0 Å². The molecule has 2 heterocycles. The van der Waals surface area contributed by atoms with Crippen LogP contribution in [0.2, 0.25) is 0 Å². The van der Waals surface area contributed by atoms with Crippen LogP contribution < -0.4 is 34.7 Å². The molecule has 3 fully saturated rings.